The zero-order chi connectivity index (χ0) is 10.9. The summed E-state index contributed by atoms with van der Waals surface area (Å²) < 4.78 is 26.0. The van der Waals surface area contributed by atoms with Gasteiger partial charge in [0.1, 0.15) is 10.6 Å². The van der Waals surface area contributed by atoms with Crippen LogP contribution in [0.3, 0.4) is 0 Å². The molecule has 15 heavy (non-hydrogen) atoms. The van der Waals surface area contributed by atoms with E-state index < -0.39 is 10.0 Å². The first-order valence-corrected chi connectivity index (χ1v) is 6.06. The minimum Gasteiger partial charge on any atom is -0.208 e. The Hall–Kier alpha value is -1.27. The molecule has 5 nitrogen and oxygen atoms in total. The fourth-order valence-corrected chi connectivity index (χ4v) is 2.68. The Morgan fingerprint density at radius 2 is 1.93 bits per heavy atom. The van der Waals surface area contributed by atoms with Crippen molar-refractivity contribution in [2.24, 2.45) is 5.18 Å². The molecule has 0 saturated heterocycles. The maximum absolute atomic E-state index is 11.8. The first kappa shape index (κ1) is 10.3. The highest BCUT2D eigenvalue weighted by atomic mass is 32.2. The van der Waals surface area contributed by atoms with Gasteiger partial charge < -0.3 is 0 Å². The summed E-state index contributed by atoms with van der Waals surface area (Å²) >= 11 is 0. The van der Waals surface area contributed by atoms with Crippen LogP contribution < -0.4 is 4.72 Å². The molecule has 1 fully saturated rings. The minimum absolute atomic E-state index is 0.0229. The van der Waals surface area contributed by atoms with Gasteiger partial charge in [-0.2, -0.15) is 0 Å². The van der Waals surface area contributed by atoms with E-state index >= 15 is 0 Å². The highest BCUT2D eigenvalue weighted by Gasteiger charge is 2.29. The molecule has 0 radical (unpaired) electrons. The molecule has 80 valence electrons. The van der Waals surface area contributed by atoms with Crippen molar-refractivity contribution in [1.29, 1.82) is 0 Å². The van der Waals surface area contributed by atoms with Crippen molar-refractivity contribution in [1.82, 2.24) is 4.72 Å². The molecular weight excluding hydrogens is 216 g/mol. The quantitative estimate of drug-likeness (QED) is 0.791. The Morgan fingerprint density at radius 3 is 2.53 bits per heavy atom. The molecule has 1 aliphatic rings. The smallest absolute Gasteiger partial charge is 0.208 e. The summed E-state index contributed by atoms with van der Waals surface area (Å²) in [6.07, 6.45) is 1.71. The lowest BCUT2D eigenvalue weighted by Crippen LogP contribution is -2.25. The molecule has 0 atom stereocenters. The minimum atomic E-state index is -3.58. The third kappa shape index (κ3) is 2.21. The fourth-order valence-electron chi connectivity index (χ4n) is 1.24. The van der Waals surface area contributed by atoms with Crippen molar-refractivity contribution in [3.63, 3.8) is 0 Å². The molecule has 1 aliphatic carbocycles. The summed E-state index contributed by atoms with van der Waals surface area (Å²) in [6, 6.07) is 5.92. The molecule has 0 amide bonds. The van der Waals surface area contributed by atoms with Crippen molar-refractivity contribution >= 4 is 15.7 Å². The summed E-state index contributed by atoms with van der Waals surface area (Å²) in [6.45, 7) is 0. The van der Waals surface area contributed by atoms with E-state index in [2.05, 4.69) is 9.90 Å². The Morgan fingerprint density at radius 1 is 1.27 bits per heavy atom. The van der Waals surface area contributed by atoms with Crippen LogP contribution in [-0.2, 0) is 10.0 Å². The number of rotatable bonds is 4. The largest absolute Gasteiger partial charge is 0.243 e. The van der Waals surface area contributed by atoms with Crippen LogP contribution in [0.15, 0.2) is 34.3 Å². The number of hydrogen-bond donors (Lipinski definition) is 1. The van der Waals surface area contributed by atoms with Crippen LogP contribution in [0.5, 0.6) is 0 Å². The molecule has 0 heterocycles. The van der Waals surface area contributed by atoms with Crippen LogP contribution in [0, 0.1) is 4.91 Å². The second-order valence-electron chi connectivity index (χ2n) is 3.45. The second kappa shape index (κ2) is 3.71. The van der Waals surface area contributed by atoms with E-state index in [-0.39, 0.29) is 16.6 Å². The maximum Gasteiger partial charge on any atom is 0.243 e. The van der Waals surface area contributed by atoms with Gasteiger partial charge in [-0.15, -0.1) is 4.91 Å². The molecule has 0 aliphatic heterocycles. The van der Waals surface area contributed by atoms with Gasteiger partial charge in [0.15, 0.2) is 0 Å². The molecule has 0 unspecified atom stereocenters. The van der Waals surface area contributed by atoms with Gasteiger partial charge in [0, 0.05) is 6.04 Å². The lowest BCUT2D eigenvalue weighted by molar-refractivity contribution is 0.581. The molecule has 2 rings (SSSR count). The fraction of sp³-hybridized carbons (Fsp3) is 0.333. The van der Waals surface area contributed by atoms with Gasteiger partial charge in [0.25, 0.3) is 0 Å². The molecule has 0 spiro atoms. The topological polar surface area (TPSA) is 75.6 Å². The van der Waals surface area contributed by atoms with Gasteiger partial charge >= 0.3 is 0 Å². The summed E-state index contributed by atoms with van der Waals surface area (Å²) in [4.78, 5) is 10.4. The molecule has 1 saturated carbocycles. The van der Waals surface area contributed by atoms with Crippen LogP contribution in [0.1, 0.15) is 12.8 Å². The SMILES string of the molecule is O=Nc1ccccc1S(=O)(=O)NC1CC1. The van der Waals surface area contributed by atoms with Crippen LogP contribution in [-0.4, -0.2) is 14.5 Å². The van der Waals surface area contributed by atoms with Gasteiger partial charge in [-0.05, 0) is 30.2 Å². The zero-order valence-corrected chi connectivity index (χ0v) is 8.70. The van der Waals surface area contributed by atoms with E-state index in [9.17, 15) is 13.3 Å². The van der Waals surface area contributed by atoms with E-state index in [0.717, 1.165) is 12.8 Å². The first-order chi connectivity index (χ1) is 7.13. The van der Waals surface area contributed by atoms with Gasteiger partial charge in [0.05, 0.1) is 0 Å². The van der Waals surface area contributed by atoms with E-state index in [4.69, 9.17) is 0 Å². The lowest BCUT2D eigenvalue weighted by Gasteiger charge is -2.05. The number of nitrogens with zero attached hydrogens (tertiary/aromatic N) is 1. The van der Waals surface area contributed by atoms with E-state index in [1.165, 1.54) is 12.1 Å². The normalized spacial score (nSPS) is 16.3. The summed E-state index contributed by atoms with van der Waals surface area (Å²) in [5.74, 6) is 0. The number of nitroso groups, excluding NO2 is 1. The van der Waals surface area contributed by atoms with Crippen LogP contribution in [0.25, 0.3) is 0 Å². The highest BCUT2D eigenvalue weighted by molar-refractivity contribution is 7.89. The third-order valence-electron chi connectivity index (χ3n) is 2.15. The van der Waals surface area contributed by atoms with Crippen LogP contribution in [0.4, 0.5) is 5.69 Å². The molecule has 0 bridgehead atoms. The number of benzene rings is 1. The van der Waals surface area contributed by atoms with Gasteiger partial charge in [-0.25, -0.2) is 13.1 Å². The number of hydrogen-bond acceptors (Lipinski definition) is 4. The van der Waals surface area contributed by atoms with Crippen molar-refractivity contribution in [2.45, 2.75) is 23.8 Å². The van der Waals surface area contributed by atoms with Gasteiger partial charge in [-0.3, -0.25) is 0 Å². The van der Waals surface area contributed by atoms with Gasteiger partial charge in [-0.1, -0.05) is 12.1 Å². The van der Waals surface area contributed by atoms with E-state index in [0.29, 0.717) is 0 Å². The van der Waals surface area contributed by atoms with Gasteiger partial charge in [0.2, 0.25) is 10.0 Å². The van der Waals surface area contributed by atoms with Crippen LogP contribution >= 0.6 is 0 Å². The van der Waals surface area contributed by atoms with Crippen LogP contribution in [0.2, 0.25) is 0 Å². The lowest BCUT2D eigenvalue weighted by atomic mass is 10.3. The molecule has 1 N–H and O–H groups in total. The molecule has 1 aromatic carbocycles. The molecule has 0 aromatic heterocycles. The highest BCUT2D eigenvalue weighted by Crippen LogP contribution is 2.27. The molecule has 1 aromatic rings. The predicted molar refractivity (Wildman–Crippen MR) is 55.2 cm³/mol. The summed E-state index contributed by atoms with van der Waals surface area (Å²) in [5, 5.41) is 2.70. The number of nitrogens with one attached hydrogen (secondary N) is 1. The summed E-state index contributed by atoms with van der Waals surface area (Å²) in [5.41, 5.74) is -0.0503. The first-order valence-electron chi connectivity index (χ1n) is 4.58. The Labute approximate surface area is 87.5 Å². The zero-order valence-electron chi connectivity index (χ0n) is 7.88. The molecule has 6 heteroatoms. The Bertz CT molecular complexity index is 480. The standard InChI is InChI=1S/C9H10N2O3S/c12-10-8-3-1-2-4-9(8)15(13,14)11-7-5-6-7/h1-4,7,11H,5-6H2. The van der Waals surface area contributed by atoms with Crippen molar-refractivity contribution in [3.8, 4) is 0 Å². The predicted octanol–water partition coefficient (Wildman–Crippen LogP) is 1.53. The Balaban J connectivity index is 2.38. The number of sulfonamides is 1. The second-order valence-corrected chi connectivity index (χ2v) is 5.14. The molecular formula is C9H10N2O3S. The van der Waals surface area contributed by atoms with E-state index in [1.54, 1.807) is 12.1 Å². The third-order valence-corrected chi connectivity index (χ3v) is 3.72. The average Bonchev–Trinajstić information content (AvgIpc) is 3.01. The summed E-state index contributed by atoms with van der Waals surface area (Å²) in [7, 11) is -3.58. The Kier molecular flexibility index (Phi) is 2.54. The van der Waals surface area contributed by atoms with E-state index in [1.807, 2.05) is 0 Å². The monoisotopic (exact) mass is 226 g/mol. The van der Waals surface area contributed by atoms with Crippen molar-refractivity contribution in [2.75, 3.05) is 0 Å². The van der Waals surface area contributed by atoms with Crippen molar-refractivity contribution < 1.29 is 8.42 Å². The average molecular weight is 226 g/mol. The maximum atomic E-state index is 11.8. The van der Waals surface area contributed by atoms with Crippen molar-refractivity contribution in [3.05, 3.63) is 29.2 Å².